The van der Waals surface area contributed by atoms with Crippen LogP contribution in [-0.4, -0.2) is 0 Å². The average Bonchev–Trinajstić information content (AvgIpc) is 3.35. The molecule has 0 aromatic carbocycles. The van der Waals surface area contributed by atoms with Crippen molar-refractivity contribution >= 4 is 0 Å². The lowest BCUT2D eigenvalue weighted by Gasteiger charge is -2.34. The zero-order valence-corrected chi connectivity index (χ0v) is 23.7. The Bertz CT molecular complexity index is 1340. The van der Waals surface area contributed by atoms with Gasteiger partial charge >= 0.3 is 0 Å². The predicted octanol–water partition coefficient (Wildman–Crippen LogP) is 10.7. The molecule has 190 valence electrons. The first-order valence-corrected chi connectivity index (χ1v) is 12.9. The number of rotatable bonds is 10. The van der Waals surface area contributed by atoms with Gasteiger partial charge in [-0.3, -0.25) is 0 Å². The molecule has 0 saturated carbocycles. The summed E-state index contributed by atoms with van der Waals surface area (Å²) in [5.74, 6) is 0. The van der Waals surface area contributed by atoms with E-state index in [9.17, 15) is 0 Å². The van der Waals surface area contributed by atoms with Crippen molar-refractivity contribution in [3.63, 3.8) is 0 Å². The monoisotopic (exact) mass is 486 g/mol. The van der Waals surface area contributed by atoms with Gasteiger partial charge < -0.3 is 0 Å². The van der Waals surface area contributed by atoms with Gasteiger partial charge in [-0.25, -0.2) is 0 Å². The molecule has 0 N–H and O–H groups in total. The van der Waals surface area contributed by atoms with Crippen LogP contribution in [0.3, 0.4) is 0 Å². The zero-order valence-electron chi connectivity index (χ0n) is 23.7. The Morgan fingerprint density at radius 2 is 1.22 bits per heavy atom. The zero-order chi connectivity index (χ0) is 27.9. The van der Waals surface area contributed by atoms with Crippen molar-refractivity contribution in [2.45, 2.75) is 41.5 Å². The van der Waals surface area contributed by atoms with Crippen molar-refractivity contribution in [3.05, 3.63) is 179 Å². The third kappa shape index (κ3) is 4.21. The minimum atomic E-state index is -0.576. The van der Waals surface area contributed by atoms with Gasteiger partial charge in [0.25, 0.3) is 0 Å². The van der Waals surface area contributed by atoms with Crippen molar-refractivity contribution in [1.29, 1.82) is 0 Å². The highest BCUT2D eigenvalue weighted by molar-refractivity contribution is 5.86. The van der Waals surface area contributed by atoms with E-state index in [2.05, 4.69) is 117 Å². The summed E-state index contributed by atoms with van der Waals surface area (Å²) >= 11 is 0. The van der Waals surface area contributed by atoms with Crippen LogP contribution in [0.5, 0.6) is 0 Å². The molecule has 0 saturated heterocycles. The van der Waals surface area contributed by atoms with Crippen LogP contribution in [0.15, 0.2) is 179 Å². The van der Waals surface area contributed by atoms with Crippen LogP contribution in [0.4, 0.5) is 0 Å². The molecule has 1 spiro atoms. The Kier molecular flexibility index (Phi) is 9.81. The van der Waals surface area contributed by atoms with E-state index >= 15 is 0 Å². The number of allylic oxidation sites excluding steroid dienone is 24. The van der Waals surface area contributed by atoms with E-state index in [1.165, 1.54) is 11.1 Å². The smallest absolute Gasteiger partial charge is 0.0721 e. The first-order valence-electron chi connectivity index (χ1n) is 12.9. The molecular formula is C37H42. The molecule has 0 aliphatic heterocycles. The Labute approximate surface area is 226 Å². The fraction of sp³-hybridized carbons (Fsp3) is 0.189. The molecule has 0 aromatic heterocycles. The van der Waals surface area contributed by atoms with E-state index in [-0.39, 0.29) is 0 Å². The van der Waals surface area contributed by atoms with Crippen molar-refractivity contribution < 1.29 is 0 Å². The average molecular weight is 487 g/mol. The summed E-state index contributed by atoms with van der Waals surface area (Å²) in [5, 5.41) is 0. The van der Waals surface area contributed by atoms with Crippen molar-refractivity contribution in [3.8, 4) is 0 Å². The molecule has 37 heavy (non-hydrogen) atoms. The van der Waals surface area contributed by atoms with E-state index in [0.29, 0.717) is 0 Å². The molecule has 0 nitrogen and oxygen atoms in total. The maximum Gasteiger partial charge on any atom is 0.0721 e. The highest BCUT2D eigenvalue weighted by Gasteiger charge is 2.54. The minimum Gasteiger partial charge on any atom is -0.0987 e. The molecule has 0 bridgehead atoms. The Morgan fingerprint density at radius 3 is 1.59 bits per heavy atom. The largest absolute Gasteiger partial charge is 0.0987 e. The Balaban J connectivity index is 3.27. The summed E-state index contributed by atoms with van der Waals surface area (Å²) in [6.45, 7) is 37.7. The lowest BCUT2D eigenvalue weighted by Crippen LogP contribution is -2.24. The lowest BCUT2D eigenvalue weighted by atomic mass is 9.67. The lowest BCUT2D eigenvalue weighted by molar-refractivity contribution is 0.694. The highest BCUT2D eigenvalue weighted by Crippen LogP contribution is 2.66. The molecule has 2 aliphatic rings. The van der Waals surface area contributed by atoms with Gasteiger partial charge in [0.2, 0.25) is 0 Å². The third-order valence-corrected chi connectivity index (χ3v) is 7.35. The van der Waals surface area contributed by atoms with E-state index < -0.39 is 5.41 Å². The molecular weight excluding hydrogens is 444 g/mol. The van der Waals surface area contributed by atoms with Gasteiger partial charge in [0.05, 0.1) is 5.41 Å². The predicted molar refractivity (Wildman–Crippen MR) is 167 cm³/mol. The molecule has 2 rings (SSSR count). The number of hydrogen-bond donors (Lipinski definition) is 0. The molecule has 0 fully saturated rings. The van der Waals surface area contributed by atoms with Gasteiger partial charge in [-0.15, -0.1) is 0 Å². The molecule has 0 amide bonds. The summed E-state index contributed by atoms with van der Waals surface area (Å²) in [6, 6.07) is 0. The molecule has 0 aromatic rings. The van der Waals surface area contributed by atoms with Crippen molar-refractivity contribution in [2.24, 2.45) is 5.41 Å². The van der Waals surface area contributed by atoms with Gasteiger partial charge in [-0.1, -0.05) is 112 Å². The van der Waals surface area contributed by atoms with E-state index in [4.69, 9.17) is 0 Å². The standard InChI is InChI=1S/C37H42/c1-13-24-35-29(18-6)28(17-5)32(21-9)37(35)33(22-10)31(20-8)36(34(37)23-11)30(19-7)27(16-4)26(15-3)25(12)14-2/h13-24H,2,5-6,9,11-12H2,1,3-4,7-8,10H3/b24-13-,26-15-,27-16+,30-19-,31-20+,33-22+. The summed E-state index contributed by atoms with van der Waals surface area (Å²) in [4.78, 5) is 0. The van der Waals surface area contributed by atoms with Gasteiger partial charge in [-0.2, -0.15) is 0 Å². The molecule has 1 atom stereocenters. The Hall–Kier alpha value is -3.90. The summed E-state index contributed by atoms with van der Waals surface area (Å²) in [7, 11) is 0. The first-order chi connectivity index (χ1) is 17.8. The van der Waals surface area contributed by atoms with E-state index in [0.717, 1.165) is 55.7 Å². The summed E-state index contributed by atoms with van der Waals surface area (Å²) < 4.78 is 0. The highest BCUT2D eigenvalue weighted by atomic mass is 14.5. The van der Waals surface area contributed by atoms with Gasteiger partial charge in [0.15, 0.2) is 0 Å². The fourth-order valence-corrected chi connectivity index (χ4v) is 6.05. The SMILES string of the molecule is C=CC(=C)C(=C/C)/C(=C\C)C(=C/C)/C1=C(C=C)C2(C(C=C)=C(C=C)C(C=C)=C2/C=C\C)C(=C/C)/C1=C\C. The second-order valence-electron chi connectivity index (χ2n) is 8.75. The first kappa shape index (κ1) is 29.3. The third-order valence-electron chi connectivity index (χ3n) is 7.35. The van der Waals surface area contributed by atoms with Crippen molar-refractivity contribution in [1.82, 2.24) is 0 Å². The van der Waals surface area contributed by atoms with Crippen LogP contribution in [-0.2, 0) is 0 Å². The van der Waals surface area contributed by atoms with Crippen LogP contribution in [0.25, 0.3) is 0 Å². The summed E-state index contributed by atoms with van der Waals surface area (Å²) in [6.07, 6.45) is 24.9. The quantitative estimate of drug-likeness (QED) is 0.269. The summed E-state index contributed by atoms with van der Waals surface area (Å²) in [5.41, 5.74) is 12.7. The normalized spacial score (nSPS) is 23.2. The topological polar surface area (TPSA) is 0 Å². The van der Waals surface area contributed by atoms with Crippen LogP contribution in [0.1, 0.15) is 41.5 Å². The molecule has 0 radical (unpaired) electrons. The van der Waals surface area contributed by atoms with Crippen molar-refractivity contribution in [2.75, 3.05) is 0 Å². The minimum absolute atomic E-state index is 0.576. The maximum absolute atomic E-state index is 4.37. The maximum atomic E-state index is 4.37. The second kappa shape index (κ2) is 12.4. The second-order valence-corrected chi connectivity index (χ2v) is 8.75. The molecule has 2 aliphatic carbocycles. The molecule has 0 heterocycles. The fourth-order valence-electron chi connectivity index (χ4n) is 6.05. The molecule has 1 unspecified atom stereocenters. The van der Waals surface area contributed by atoms with Crippen LogP contribution in [0, 0.1) is 5.41 Å². The Morgan fingerprint density at radius 1 is 0.649 bits per heavy atom. The van der Waals surface area contributed by atoms with Gasteiger partial charge in [0.1, 0.15) is 0 Å². The molecule has 0 heteroatoms. The van der Waals surface area contributed by atoms with E-state index in [1.807, 2.05) is 37.3 Å². The van der Waals surface area contributed by atoms with Crippen LogP contribution in [0.2, 0.25) is 0 Å². The van der Waals surface area contributed by atoms with E-state index in [1.54, 1.807) is 0 Å². The van der Waals surface area contributed by atoms with Gasteiger partial charge in [-0.05, 0) is 108 Å². The number of hydrogen-bond acceptors (Lipinski definition) is 0. The van der Waals surface area contributed by atoms with Crippen LogP contribution < -0.4 is 0 Å². The van der Waals surface area contributed by atoms with Crippen LogP contribution >= 0.6 is 0 Å². The van der Waals surface area contributed by atoms with Gasteiger partial charge in [0, 0.05) is 0 Å².